The zero-order valence-corrected chi connectivity index (χ0v) is 14.2. The zero-order chi connectivity index (χ0) is 17.1. The summed E-state index contributed by atoms with van der Waals surface area (Å²) in [7, 11) is 0. The van der Waals surface area contributed by atoms with Crippen LogP contribution >= 0.6 is 11.6 Å². The van der Waals surface area contributed by atoms with Gasteiger partial charge in [-0.05, 0) is 37.1 Å². The van der Waals surface area contributed by atoms with Crippen LogP contribution in [0.3, 0.4) is 0 Å². The highest BCUT2D eigenvalue weighted by atomic mass is 35.5. The number of carbonyl (C=O) groups excluding carboxylic acids is 1. The summed E-state index contributed by atoms with van der Waals surface area (Å²) in [5.41, 5.74) is 1.82. The Kier molecular flexibility index (Phi) is 5.01. The van der Waals surface area contributed by atoms with E-state index in [-0.39, 0.29) is 18.6 Å². The first kappa shape index (κ1) is 16.7. The molecule has 0 bridgehead atoms. The second-order valence-electron chi connectivity index (χ2n) is 5.63. The van der Waals surface area contributed by atoms with E-state index >= 15 is 0 Å². The minimum absolute atomic E-state index is 0.0745. The maximum Gasteiger partial charge on any atom is 0.261 e. The third-order valence-corrected chi connectivity index (χ3v) is 4.49. The van der Waals surface area contributed by atoms with Crippen LogP contribution in [0.15, 0.2) is 23.0 Å². The minimum atomic E-state index is -0.359. The maximum atomic E-state index is 12.5. The predicted octanol–water partition coefficient (Wildman–Crippen LogP) is 2.32. The second-order valence-corrected chi connectivity index (χ2v) is 6.00. The van der Waals surface area contributed by atoms with Crippen LogP contribution in [-0.4, -0.2) is 47.3 Å². The Morgan fingerprint density at radius 2 is 2.17 bits per heavy atom. The lowest BCUT2D eigenvalue weighted by Crippen LogP contribution is -2.45. The summed E-state index contributed by atoms with van der Waals surface area (Å²) >= 11 is 6.14. The van der Waals surface area contributed by atoms with Crippen molar-refractivity contribution in [1.82, 2.24) is 15.0 Å². The molecule has 1 saturated heterocycles. The SMILES string of the molecule is Cc1cc(OCC(=O)N2CCOC[C@@H]2c2ncon2)cc(C)c1Cl. The highest BCUT2D eigenvalue weighted by Crippen LogP contribution is 2.26. The smallest absolute Gasteiger partial charge is 0.261 e. The van der Waals surface area contributed by atoms with E-state index in [1.54, 1.807) is 4.90 Å². The lowest BCUT2D eigenvalue weighted by Gasteiger charge is -2.33. The van der Waals surface area contributed by atoms with Gasteiger partial charge in [0.15, 0.2) is 12.4 Å². The first-order chi connectivity index (χ1) is 11.6. The minimum Gasteiger partial charge on any atom is -0.484 e. The van der Waals surface area contributed by atoms with E-state index in [4.69, 9.17) is 25.6 Å². The molecule has 1 fully saturated rings. The lowest BCUT2D eigenvalue weighted by atomic mass is 10.1. The molecule has 1 atom stereocenters. The molecule has 0 unspecified atom stereocenters. The van der Waals surface area contributed by atoms with Gasteiger partial charge in [-0.2, -0.15) is 4.98 Å². The number of carbonyl (C=O) groups is 1. The van der Waals surface area contributed by atoms with Crippen molar-refractivity contribution < 1.29 is 18.8 Å². The predicted molar refractivity (Wildman–Crippen MR) is 86.0 cm³/mol. The molecule has 1 amide bonds. The highest BCUT2D eigenvalue weighted by molar-refractivity contribution is 6.32. The Labute approximate surface area is 144 Å². The normalized spacial score (nSPS) is 17.8. The third-order valence-electron chi connectivity index (χ3n) is 3.90. The van der Waals surface area contributed by atoms with Crippen LogP contribution in [-0.2, 0) is 9.53 Å². The number of aromatic nitrogens is 2. The molecule has 128 valence electrons. The molecule has 2 heterocycles. The first-order valence-electron chi connectivity index (χ1n) is 7.59. The summed E-state index contributed by atoms with van der Waals surface area (Å²) in [6.07, 6.45) is 1.24. The Balaban J connectivity index is 1.67. The highest BCUT2D eigenvalue weighted by Gasteiger charge is 2.31. The average Bonchev–Trinajstić information content (AvgIpc) is 3.12. The van der Waals surface area contributed by atoms with Gasteiger partial charge in [-0.3, -0.25) is 4.79 Å². The van der Waals surface area contributed by atoms with Crippen molar-refractivity contribution in [3.05, 3.63) is 40.5 Å². The molecule has 8 heteroatoms. The van der Waals surface area contributed by atoms with Crippen LogP contribution in [0.4, 0.5) is 0 Å². The third kappa shape index (κ3) is 3.52. The molecule has 0 spiro atoms. The van der Waals surface area contributed by atoms with E-state index in [1.807, 2.05) is 26.0 Å². The molecule has 1 aliphatic rings. The molecular weight excluding hydrogens is 334 g/mol. The quantitative estimate of drug-likeness (QED) is 0.841. The standard InChI is InChI=1S/C16H18ClN3O4/c1-10-5-12(6-11(2)15(10)17)23-8-14(21)20-3-4-22-7-13(20)16-18-9-24-19-16/h5-6,9,13H,3-4,7-8H2,1-2H3/t13-/m1/s1. The topological polar surface area (TPSA) is 77.7 Å². The molecule has 1 aromatic heterocycles. The lowest BCUT2D eigenvalue weighted by molar-refractivity contribution is -0.142. The van der Waals surface area contributed by atoms with E-state index in [1.165, 1.54) is 6.39 Å². The van der Waals surface area contributed by atoms with Gasteiger partial charge in [0.2, 0.25) is 6.39 Å². The maximum absolute atomic E-state index is 12.5. The van der Waals surface area contributed by atoms with E-state index < -0.39 is 0 Å². The van der Waals surface area contributed by atoms with Crippen LogP contribution in [0, 0.1) is 13.8 Å². The molecule has 0 radical (unpaired) electrons. The Morgan fingerprint density at radius 3 is 2.83 bits per heavy atom. The number of aryl methyl sites for hydroxylation is 2. The fourth-order valence-corrected chi connectivity index (χ4v) is 2.77. The van der Waals surface area contributed by atoms with Crippen LogP contribution in [0.2, 0.25) is 5.02 Å². The Hall–Kier alpha value is -2.12. The van der Waals surface area contributed by atoms with Crippen LogP contribution < -0.4 is 4.74 Å². The van der Waals surface area contributed by atoms with E-state index in [2.05, 4.69) is 10.1 Å². The molecule has 2 aromatic rings. The number of halogens is 1. The Morgan fingerprint density at radius 1 is 1.42 bits per heavy atom. The molecule has 1 aromatic carbocycles. The number of benzene rings is 1. The van der Waals surface area contributed by atoms with Gasteiger partial charge in [0.05, 0.1) is 13.2 Å². The van der Waals surface area contributed by atoms with Gasteiger partial charge in [-0.25, -0.2) is 0 Å². The molecule has 0 saturated carbocycles. The van der Waals surface area contributed by atoms with Crippen molar-refractivity contribution in [1.29, 1.82) is 0 Å². The molecule has 24 heavy (non-hydrogen) atoms. The molecular formula is C16H18ClN3O4. The molecule has 0 N–H and O–H groups in total. The number of hydrogen-bond acceptors (Lipinski definition) is 6. The summed E-state index contributed by atoms with van der Waals surface area (Å²) in [6, 6.07) is 3.28. The van der Waals surface area contributed by atoms with Crippen molar-refractivity contribution in [2.75, 3.05) is 26.4 Å². The van der Waals surface area contributed by atoms with E-state index in [0.717, 1.165) is 11.1 Å². The molecule has 1 aliphatic heterocycles. The van der Waals surface area contributed by atoms with Gasteiger partial charge in [0.25, 0.3) is 5.91 Å². The van der Waals surface area contributed by atoms with Crippen LogP contribution in [0.1, 0.15) is 23.0 Å². The number of ether oxygens (including phenoxy) is 2. The summed E-state index contributed by atoms with van der Waals surface area (Å²) in [5.74, 6) is 0.895. The fraction of sp³-hybridized carbons (Fsp3) is 0.438. The van der Waals surface area contributed by atoms with E-state index in [0.29, 0.717) is 36.4 Å². The van der Waals surface area contributed by atoms with Gasteiger partial charge in [0.1, 0.15) is 11.8 Å². The number of rotatable bonds is 4. The van der Waals surface area contributed by atoms with Crippen LogP contribution in [0.5, 0.6) is 5.75 Å². The summed E-state index contributed by atoms with van der Waals surface area (Å²) < 4.78 is 15.8. The summed E-state index contributed by atoms with van der Waals surface area (Å²) in [6.45, 7) is 5.00. The summed E-state index contributed by atoms with van der Waals surface area (Å²) in [4.78, 5) is 18.2. The van der Waals surface area contributed by atoms with Crippen molar-refractivity contribution in [3.63, 3.8) is 0 Å². The van der Waals surface area contributed by atoms with Crippen molar-refractivity contribution in [2.24, 2.45) is 0 Å². The first-order valence-corrected chi connectivity index (χ1v) is 7.97. The second kappa shape index (κ2) is 7.19. The Bertz CT molecular complexity index is 697. The van der Waals surface area contributed by atoms with Crippen molar-refractivity contribution >= 4 is 17.5 Å². The fourth-order valence-electron chi connectivity index (χ4n) is 2.66. The van der Waals surface area contributed by atoms with Gasteiger partial charge in [-0.15, -0.1) is 0 Å². The van der Waals surface area contributed by atoms with Gasteiger partial charge >= 0.3 is 0 Å². The van der Waals surface area contributed by atoms with E-state index in [9.17, 15) is 4.79 Å². The molecule has 3 rings (SSSR count). The molecule has 0 aliphatic carbocycles. The molecule has 7 nitrogen and oxygen atoms in total. The van der Waals surface area contributed by atoms with Gasteiger partial charge in [-0.1, -0.05) is 16.8 Å². The largest absolute Gasteiger partial charge is 0.484 e. The number of morpholine rings is 1. The zero-order valence-electron chi connectivity index (χ0n) is 13.5. The monoisotopic (exact) mass is 351 g/mol. The number of nitrogens with zero attached hydrogens (tertiary/aromatic N) is 3. The number of hydrogen-bond donors (Lipinski definition) is 0. The van der Waals surface area contributed by atoms with Gasteiger partial charge in [0, 0.05) is 11.6 Å². The van der Waals surface area contributed by atoms with Crippen LogP contribution in [0.25, 0.3) is 0 Å². The van der Waals surface area contributed by atoms with Crippen molar-refractivity contribution in [3.8, 4) is 5.75 Å². The van der Waals surface area contributed by atoms with Gasteiger partial charge < -0.3 is 18.9 Å². The van der Waals surface area contributed by atoms with Crippen molar-refractivity contribution in [2.45, 2.75) is 19.9 Å². The summed E-state index contributed by atoms with van der Waals surface area (Å²) in [5, 5.41) is 4.52. The number of amides is 1. The average molecular weight is 352 g/mol.